The molecule has 0 N–H and O–H groups in total. The van der Waals surface area contributed by atoms with Crippen LogP contribution < -0.4 is 0 Å². The number of rotatable bonds is 0. The van der Waals surface area contributed by atoms with E-state index in [-0.39, 0.29) is 5.92 Å². The van der Waals surface area contributed by atoms with Crippen molar-refractivity contribution in [1.82, 2.24) is 0 Å². The van der Waals surface area contributed by atoms with E-state index in [0.717, 1.165) is 19.3 Å². The summed E-state index contributed by atoms with van der Waals surface area (Å²) in [5, 5.41) is 0. The molecule has 3 aliphatic rings. The highest BCUT2D eigenvalue weighted by Gasteiger charge is 2.43. The summed E-state index contributed by atoms with van der Waals surface area (Å²) in [6, 6.07) is 0. The average Bonchev–Trinajstić information content (AvgIpc) is 1.86. The number of allylic oxidation sites excluding steroid dienone is 1. The molecule has 3 saturated carbocycles. The largest absolute Gasteiger partial charge is 0.299 e. The van der Waals surface area contributed by atoms with E-state index < -0.39 is 0 Å². The fraction of sp³-hybridized carbons (Fsp3) is 0.625. The van der Waals surface area contributed by atoms with Crippen LogP contribution in [-0.2, 0) is 4.79 Å². The number of hydrogen-bond donors (Lipinski definition) is 0. The summed E-state index contributed by atoms with van der Waals surface area (Å²) in [6.45, 7) is 3.86. The zero-order valence-corrected chi connectivity index (χ0v) is 5.39. The van der Waals surface area contributed by atoms with Crippen molar-refractivity contribution in [3.8, 4) is 0 Å². The number of Topliss-reactive ketones (excluding diaryl/α,β-unsaturated/α-hetero) is 1. The quantitative estimate of drug-likeness (QED) is 0.445. The summed E-state index contributed by atoms with van der Waals surface area (Å²) in [4.78, 5) is 11.0. The van der Waals surface area contributed by atoms with Crippen molar-refractivity contribution in [2.45, 2.75) is 19.3 Å². The van der Waals surface area contributed by atoms with Gasteiger partial charge in [-0.2, -0.15) is 0 Å². The van der Waals surface area contributed by atoms with E-state index in [1.165, 1.54) is 5.57 Å². The second kappa shape index (κ2) is 1.47. The molecule has 0 saturated heterocycles. The molecule has 3 aliphatic carbocycles. The fourth-order valence-corrected chi connectivity index (χ4v) is 1.80. The van der Waals surface area contributed by atoms with Gasteiger partial charge in [-0.05, 0) is 19.3 Å². The topological polar surface area (TPSA) is 17.1 Å². The SMILES string of the molecule is C=C1CCC2CC1C2=O. The third kappa shape index (κ3) is 0.521. The Bertz CT molecular complexity index is 171. The van der Waals surface area contributed by atoms with Crippen molar-refractivity contribution in [2.24, 2.45) is 11.8 Å². The van der Waals surface area contributed by atoms with Crippen LogP contribution in [0, 0.1) is 11.8 Å². The normalized spacial score (nSPS) is 40.4. The summed E-state index contributed by atoms with van der Waals surface area (Å²) in [5.41, 5.74) is 1.18. The molecule has 9 heavy (non-hydrogen) atoms. The number of hydrogen-bond acceptors (Lipinski definition) is 1. The predicted molar refractivity (Wildman–Crippen MR) is 35.0 cm³/mol. The molecule has 2 bridgehead atoms. The minimum absolute atomic E-state index is 0.281. The highest BCUT2D eigenvalue weighted by atomic mass is 16.1. The number of carbonyl (C=O) groups excluding carboxylic acids is 1. The fourth-order valence-electron chi connectivity index (χ4n) is 1.80. The first kappa shape index (κ1) is 5.21. The smallest absolute Gasteiger partial charge is 0.143 e. The van der Waals surface area contributed by atoms with E-state index in [9.17, 15) is 4.79 Å². The Morgan fingerprint density at radius 2 is 2.33 bits per heavy atom. The van der Waals surface area contributed by atoms with Crippen LogP contribution in [0.1, 0.15) is 19.3 Å². The van der Waals surface area contributed by atoms with Gasteiger partial charge in [0.25, 0.3) is 0 Å². The van der Waals surface area contributed by atoms with Crippen molar-refractivity contribution in [2.75, 3.05) is 0 Å². The van der Waals surface area contributed by atoms with E-state index in [1.807, 2.05) is 0 Å². The molecule has 2 atom stereocenters. The van der Waals surface area contributed by atoms with Crippen LogP contribution in [0.4, 0.5) is 0 Å². The van der Waals surface area contributed by atoms with Gasteiger partial charge in [-0.1, -0.05) is 12.2 Å². The van der Waals surface area contributed by atoms with Crippen molar-refractivity contribution < 1.29 is 4.79 Å². The van der Waals surface area contributed by atoms with Gasteiger partial charge in [0.2, 0.25) is 0 Å². The van der Waals surface area contributed by atoms with Gasteiger partial charge < -0.3 is 0 Å². The van der Waals surface area contributed by atoms with E-state index in [1.54, 1.807) is 0 Å². The minimum Gasteiger partial charge on any atom is -0.299 e. The van der Waals surface area contributed by atoms with E-state index in [4.69, 9.17) is 0 Å². The maximum absolute atomic E-state index is 11.0. The number of fused-ring (bicyclic) bond motifs is 2. The van der Waals surface area contributed by atoms with E-state index >= 15 is 0 Å². The number of ketones is 1. The van der Waals surface area contributed by atoms with Crippen molar-refractivity contribution in [3.05, 3.63) is 12.2 Å². The van der Waals surface area contributed by atoms with Gasteiger partial charge in [0.15, 0.2) is 0 Å². The van der Waals surface area contributed by atoms with Crippen LogP contribution in [0.15, 0.2) is 12.2 Å². The third-order valence-electron chi connectivity index (χ3n) is 2.57. The minimum atomic E-state index is 0.281. The molecule has 48 valence electrons. The lowest BCUT2D eigenvalue weighted by molar-refractivity contribution is -0.136. The molecule has 3 fully saturated rings. The second-order valence-electron chi connectivity index (χ2n) is 3.08. The Kier molecular flexibility index (Phi) is 0.850. The first-order valence-corrected chi connectivity index (χ1v) is 3.50. The molecule has 0 amide bonds. The van der Waals surface area contributed by atoms with Gasteiger partial charge in [-0.15, -0.1) is 0 Å². The lowest BCUT2D eigenvalue weighted by Gasteiger charge is -2.40. The van der Waals surface area contributed by atoms with Gasteiger partial charge in [0, 0.05) is 11.8 Å². The maximum atomic E-state index is 11.0. The first-order valence-electron chi connectivity index (χ1n) is 3.50. The van der Waals surface area contributed by atoms with Crippen molar-refractivity contribution in [1.29, 1.82) is 0 Å². The monoisotopic (exact) mass is 122 g/mol. The Morgan fingerprint density at radius 3 is 2.67 bits per heavy atom. The van der Waals surface area contributed by atoms with Crippen molar-refractivity contribution in [3.63, 3.8) is 0 Å². The zero-order chi connectivity index (χ0) is 6.43. The summed E-state index contributed by atoms with van der Waals surface area (Å²) in [5.74, 6) is 1.18. The molecule has 0 aromatic rings. The molecule has 0 heterocycles. The number of carbonyl (C=O) groups is 1. The molecule has 0 radical (unpaired) electrons. The lowest BCUT2D eigenvalue weighted by Crippen LogP contribution is -2.42. The molecular formula is C8H10O. The Labute approximate surface area is 54.8 Å². The van der Waals surface area contributed by atoms with Gasteiger partial charge >= 0.3 is 0 Å². The highest BCUT2D eigenvalue weighted by Crippen LogP contribution is 2.44. The zero-order valence-electron chi connectivity index (χ0n) is 5.39. The van der Waals surface area contributed by atoms with E-state index in [0.29, 0.717) is 11.7 Å². The molecular weight excluding hydrogens is 112 g/mol. The van der Waals surface area contributed by atoms with Gasteiger partial charge in [-0.25, -0.2) is 0 Å². The van der Waals surface area contributed by atoms with E-state index in [2.05, 4.69) is 6.58 Å². The van der Waals surface area contributed by atoms with Crippen LogP contribution in [0.3, 0.4) is 0 Å². The van der Waals surface area contributed by atoms with Crippen LogP contribution in [0.25, 0.3) is 0 Å². The van der Waals surface area contributed by atoms with Crippen LogP contribution in [0.5, 0.6) is 0 Å². The summed E-state index contributed by atoms with van der Waals surface area (Å²) in [6.07, 6.45) is 3.28. The van der Waals surface area contributed by atoms with Crippen LogP contribution in [0.2, 0.25) is 0 Å². The van der Waals surface area contributed by atoms with Gasteiger partial charge in [0.1, 0.15) is 5.78 Å². The van der Waals surface area contributed by atoms with Gasteiger partial charge in [0.05, 0.1) is 0 Å². The standard InChI is InChI=1S/C8H10O/c1-5-2-3-6-4-7(5)8(6)9/h6-7H,1-4H2. The average molecular weight is 122 g/mol. The van der Waals surface area contributed by atoms with Gasteiger partial charge in [-0.3, -0.25) is 4.79 Å². The highest BCUT2D eigenvalue weighted by molar-refractivity contribution is 5.92. The molecule has 1 heteroatoms. The third-order valence-corrected chi connectivity index (χ3v) is 2.57. The van der Waals surface area contributed by atoms with Crippen LogP contribution >= 0.6 is 0 Å². The Morgan fingerprint density at radius 1 is 1.56 bits per heavy atom. The van der Waals surface area contributed by atoms with Crippen molar-refractivity contribution >= 4 is 5.78 Å². The molecule has 0 aromatic heterocycles. The molecule has 0 spiro atoms. The van der Waals surface area contributed by atoms with Crippen LogP contribution in [-0.4, -0.2) is 5.78 Å². The maximum Gasteiger partial charge on any atom is 0.143 e. The molecule has 3 rings (SSSR count). The summed E-state index contributed by atoms with van der Waals surface area (Å²) >= 11 is 0. The summed E-state index contributed by atoms with van der Waals surface area (Å²) in [7, 11) is 0. The molecule has 0 aliphatic heterocycles. The summed E-state index contributed by atoms with van der Waals surface area (Å²) < 4.78 is 0. The molecule has 1 nitrogen and oxygen atoms in total. The Hall–Kier alpha value is -0.590. The second-order valence-corrected chi connectivity index (χ2v) is 3.08. The lowest BCUT2D eigenvalue weighted by atomic mass is 9.62. The molecule has 2 unspecified atom stereocenters. The molecule has 0 aromatic carbocycles. The first-order chi connectivity index (χ1) is 4.29. The predicted octanol–water partition coefficient (Wildman–Crippen LogP) is 1.54. The Balaban J connectivity index is 2.23.